The van der Waals surface area contributed by atoms with Gasteiger partial charge in [0.1, 0.15) is 5.75 Å². The summed E-state index contributed by atoms with van der Waals surface area (Å²) >= 11 is 6.04. The topological polar surface area (TPSA) is 21.3 Å². The standard InChI is InChI=1S/C15H24ClNO/c1-11(2)8-17-9-13-7-14(16)5-6-15(13)18-10-12(3)4/h5-7,11-12,17H,8-10H2,1-4H3. The number of ether oxygens (including phenoxy) is 1. The lowest BCUT2D eigenvalue weighted by Crippen LogP contribution is -2.19. The van der Waals surface area contributed by atoms with Gasteiger partial charge in [-0.15, -0.1) is 0 Å². The number of nitrogens with one attached hydrogen (secondary N) is 1. The number of benzene rings is 1. The third-order valence-electron chi connectivity index (χ3n) is 2.46. The molecule has 0 spiro atoms. The van der Waals surface area contributed by atoms with Gasteiger partial charge in [-0.05, 0) is 36.6 Å². The molecule has 0 saturated carbocycles. The molecular weight excluding hydrogens is 246 g/mol. The van der Waals surface area contributed by atoms with Crippen LogP contribution in [0.5, 0.6) is 5.75 Å². The van der Waals surface area contributed by atoms with Crippen molar-refractivity contribution in [2.75, 3.05) is 13.2 Å². The second-order valence-corrected chi connectivity index (χ2v) is 5.92. The smallest absolute Gasteiger partial charge is 0.123 e. The average molecular weight is 270 g/mol. The minimum absolute atomic E-state index is 0.525. The Morgan fingerprint density at radius 2 is 1.89 bits per heavy atom. The van der Waals surface area contributed by atoms with Gasteiger partial charge in [-0.25, -0.2) is 0 Å². The van der Waals surface area contributed by atoms with Crippen LogP contribution in [-0.2, 0) is 6.54 Å². The summed E-state index contributed by atoms with van der Waals surface area (Å²) in [5.41, 5.74) is 1.13. The molecule has 0 aliphatic heterocycles. The molecule has 18 heavy (non-hydrogen) atoms. The van der Waals surface area contributed by atoms with Gasteiger partial charge >= 0.3 is 0 Å². The van der Waals surface area contributed by atoms with Crippen molar-refractivity contribution < 1.29 is 4.74 Å². The molecule has 0 bridgehead atoms. The normalized spacial score (nSPS) is 11.3. The molecule has 0 radical (unpaired) electrons. The van der Waals surface area contributed by atoms with E-state index in [-0.39, 0.29) is 0 Å². The van der Waals surface area contributed by atoms with Crippen LogP contribution in [-0.4, -0.2) is 13.2 Å². The van der Waals surface area contributed by atoms with Gasteiger partial charge in [0.2, 0.25) is 0 Å². The SMILES string of the molecule is CC(C)CNCc1cc(Cl)ccc1OCC(C)C. The summed E-state index contributed by atoms with van der Waals surface area (Å²) in [6.07, 6.45) is 0. The summed E-state index contributed by atoms with van der Waals surface area (Å²) in [7, 11) is 0. The highest BCUT2D eigenvalue weighted by Crippen LogP contribution is 2.23. The summed E-state index contributed by atoms with van der Waals surface area (Å²) < 4.78 is 5.81. The first-order chi connectivity index (χ1) is 8.49. The van der Waals surface area contributed by atoms with E-state index in [1.54, 1.807) is 0 Å². The highest BCUT2D eigenvalue weighted by Gasteiger charge is 2.06. The second kappa shape index (κ2) is 7.65. The van der Waals surface area contributed by atoms with Crippen molar-refractivity contribution >= 4 is 11.6 Å². The van der Waals surface area contributed by atoms with Gasteiger partial charge < -0.3 is 10.1 Å². The third-order valence-corrected chi connectivity index (χ3v) is 2.70. The first-order valence-corrected chi connectivity index (χ1v) is 6.98. The molecule has 1 N–H and O–H groups in total. The molecule has 2 nitrogen and oxygen atoms in total. The van der Waals surface area contributed by atoms with Gasteiger partial charge in [0.05, 0.1) is 6.61 Å². The van der Waals surface area contributed by atoms with Crippen molar-refractivity contribution in [3.63, 3.8) is 0 Å². The van der Waals surface area contributed by atoms with Crippen LogP contribution >= 0.6 is 11.6 Å². The molecule has 0 heterocycles. The van der Waals surface area contributed by atoms with Crippen LogP contribution in [0, 0.1) is 11.8 Å². The van der Waals surface area contributed by atoms with Crippen molar-refractivity contribution in [2.45, 2.75) is 34.2 Å². The Labute approximate surface area is 116 Å². The van der Waals surface area contributed by atoms with Crippen LogP contribution < -0.4 is 10.1 Å². The Hall–Kier alpha value is -0.730. The van der Waals surface area contributed by atoms with Gasteiger partial charge in [0, 0.05) is 17.1 Å². The summed E-state index contributed by atoms with van der Waals surface area (Å²) in [4.78, 5) is 0. The summed E-state index contributed by atoms with van der Waals surface area (Å²) in [6, 6.07) is 5.81. The Morgan fingerprint density at radius 3 is 2.50 bits per heavy atom. The first-order valence-electron chi connectivity index (χ1n) is 6.61. The van der Waals surface area contributed by atoms with E-state index in [9.17, 15) is 0 Å². The zero-order valence-corrected chi connectivity index (χ0v) is 12.6. The summed E-state index contributed by atoms with van der Waals surface area (Å²) in [5.74, 6) is 2.10. The van der Waals surface area contributed by atoms with E-state index in [4.69, 9.17) is 16.3 Å². The lowest BCUT2D eigenvalue weighted by Gasteiger charge is -2.14. The van der Waals surface area contributed by atoms with Crippen LogP contribution in [0.2, 0.25) is 5.02 Å². The molecule has 0 unspecified atom stereocenters. The molecule has 0 amide bonds. The van der Waals surface area contributed by atoms with Crippen molar-refractivity contribution in [2.24, 2.45) is 11.8 Å². The molecule has 102 valence electrons. The average Bonchev–Trinajstić information content (AvgIpc) is 2.27. The fourth-order valence-corrected chi connectivity index (χ4v) is 1.77. The van der Waals surface area contributed by atoms with E-state index >= 15 is 0 Å². The fourth-order valence-electron chi connectivity index (χ4n) is 1.58. The molecule has 0 aromatic heterocycles. The Kier molecular flexibility index (Phi) is 6.51. The molecular formula is C15H24ClNO. The van der Waals surface area contributed by atoms with Gasteiger partial charge in [0.15, 0.2) is 0 Å². The van der Waals surface area contributed by atoms with Crippen LogP contribution in [0.25, 0.3) is 0 Å². The van der Waals surface area contributed by atoms with Gasteiger partial charge in [-0.2, -0.15) is 0 Å². The molecule has 0 saturated heterocycles. The molecule has 0 aliphatic carbocycles. The molecule has 1 rings (SSSR count). The quantitative estimate of drug-likeness (QED) is 0.804. The van der Waals surface area contributed by atoms with E-state index in [2.05, 4.69) is 33.0 Å². The van der Waals surface area contributed by atoms with Crippen LogP contribution in [0.15, 0.2) is 18.2 Å². The maximum Gasteiger partial charge on any atom is 0.123 e. The zero-order valence-electron chi connectivity index (χ0n) is 11.8. The van der Waals surface area contributed by atoms with Crippen LogP contribution in [0.1, 0.15) is 33.3 Å². The van der Waals surface area contributed by atoms with Gasteiger partial charge in [-0.1, -0.05) is 39.3 Å². The Bertz CT molecular complexity index is 364. The van der Waals surface area contributed by atoms with Gasteiger partial charge in [0.25, 0.3) is 0 Å². The Balaban J connectivity index is 2.64. The highest BCUT2D eigenvalue weighted by molar-refractivity contribution is 6.30. The van der Waals surface area contributed by atoms with E-state index in [1.807, 2.05) is 18.2 Å². The van der Waals surface area contributed by atoms with Crippen LogP contribution in [0.4, 0.5) is 0 Å². The lowest BCUT2D eigenvalue weighted by atomic mass is 10.1. The fraction of sp³-hybridized carbons (Fsp3) is 0.600. The predicted molar refractivity (Wildman–Crippen MR) is 78.3 cm³/mol. The van der Waals surface area contributed by atoms with Crippen molar-refractivity contribution in [3.05, 3.63) is 28.8 Å². The lowest BCUT2D eigenvalue weighted by molar-refractivity contribution is 0.268. The summed E-state index contributed by atoms with van der Waals surface area (Å²) in [6.45, 7) is 11.2. The number of hydrogen-bond donors (Lipinski definition) is 1. The van der Waals surface area contributed by atoms with E-state index in [1.165, 1.54) is 0 Å². The largest absolute Gasteiger partial charge is 0.493 e. The summed E-state index contributed by atoms with van der Waals surface area (Å²) in [5, 5.41) is 4.18. The number of hydrogen-bond acceptors (Lipinski definition) is 2. The Morgan fingerprint density at radius 1 is 1.17 bits per heavy atom. The van der Waals surface area contributed by atoms with Gasteiger partial charge in [-0.3, -0.25) is 0 Å². The molecule has 3 heteroatoms. The zero-order chi connectivity index (χ0) is 13.5. The molecule has 0 atom stereocenters. The minimum Gasteiger partial charge on any atom is -0.493 e. The van der Waals surface area contributed by atoms with E-state index < -0.39 is 0 Å². The minimum atomic E-state index is 0.525. The van der Waals surface area contributed by atoms with Crippen molar-refractivity contribution in [1.29, 1.82) is 0 Å². The monoisotopic (exact) mass is 269 g/mol. The molecule has 1 aromatic rings. The van der Waals surface area contributed by atoms with Crippen LogP contribution in [0.3, 0.4) is 0 Å². The molecule has 0 fully saturated rings. The molecule has 0 aliphatic rings. The highest BCUT2D eigenvalue weighted by atomic mass is 35.5. The van der Waals surface area contributed by atoms with Crippen molar-refractivity contribution in [3.8, 4) is 5.75 Å². The predicted octanol–water partition coefficient (Wildman–Crippen LogP) is 4.12. The first kappa shape index (κ1) is 15.3. The van der Waals surface area contributed by atoms with Crippen molar-refractivity contribution in [1.82, 2.24) is 5.32 Å². The van der Waals surface area contributed by atoms with E-state index in [0.717, 1.165) is 36.0 Å². The van der Waals surface area contributed by atoms with E-state index in [0.29, 0.717) is 11.8 Å². The maximum absolute atomic E-state index is 6.04. The second-order valence-electron chi connectivity index (χ2n) is 5.48. The number of halogens is 1. The molecule has 1 aromatic carbocycles. The number of rotatable bonds is 7. The third kappa shape index (κ3) is 5.74. The maximum atomic E-state index is 6.04.